The van der Waals surface area contributed by atoms with E-state index in [2.05, 4.69) is 0 Å². The van der Waals surface area contributed by atoms with Crippen LogP contribution in [0.15, 0.2) is 11.6 Å². The van der Waals surface area contributed by atoms with Crippen molar-refractivity contribution in [1.29, 1.82) is 0 Å². The molecule has 1 fully saturated rings. The van der Waals surface area contributed by atoms with Crippen LogP contribution in [-0.2, 0) is 9.53 Å². The first-order chi connectivity index (χ1) is 10.6. The van der Waals surface area contributed by atoms with Gasteiger partial charge in [-0.3, -0.25) is 0 Å². The van der Waals surface area contributed by atoms with Gasteiger partial charge in [0.05, 0.1) is 16.7 Å². The van der Waals surface area contributed by atoms with Crippen molar-refractivity contribution in [3.63, 3.8) is 0 Å². The van der Waals surface area contributed by atoms with Crippen LogP contribution in [0.2, 0.25) is 0 Å². The first-order valence-electron chi connectivity index (χ1n) is 8.54. The number of hydrogen-bond donors (Lipinski definition) is 2. The Morgan fingerprint density at radius 2 is 1.46 bits per heavy atom. The van der Waals surface area contributed by atoms with E-state index in [0.29, 0.717) is 18.4 Å². The molecule has 0 radical (unpaired) electrons. The summed E-state index contributed by atoms with van der Waals surface area (Å²) in [5.74, 6) is -0.396. The van der Waals surface area contributed by atoms with E-state index in [1.165, 1.54) is 10.1 Å². The van der Waals surface area contributed by atoms with E-state index >= 15 is 0 Å². The molecule has 0 aromatic heterocycles. The van der Waals surface area contributed by atoms with Crippen LogP contribution in [0.4, 0.5) is 0 Å². The molecule has 6 nitrogen and oxygen atoms in total. The van der Waals surface area contributed by atoms with Gasteiger partial charge in [-0.2, -0.15) is 10.1 Å². The Labute approximate surface area is 145 Å². The lowest BCUT2D eigenvalue weighted by Gasteiger charge is -2.51. The van der Waals surface area contributed by atoms with Gasteiger partial charge in [0.15, 0.2) is 0 Å². The van der Waals surface area contributed by atoms with Crippen molar-refractivity contribution in [1.82, 2.24) is 10.1 Å². The van der Waals surface area contributed by atoms with Crippen molar-refractivity contribution in [2.75, 3.05) is 0 Å². The largest absolute Gasteiger partial charge is 0.459 e. The third-order valence-corrected chi connectivity index (χ3v) is 5.33. The molecule has 24 heavy (non-hydrogen) atoms. The molecule has 1 saturated heterocycles. The van der Waals surface area contributed by atoms with Gasteiger partial charge >= 0.3 is 5.97 Å². The summed E-state index contributed by atoms with van der Waals surface area (Å²) >= 11 is 0. The van der Waals surface area contributed by atoms with E-state index in [1.54, 1.807) is 19.9 Å². The molecule has 2 rings (SSSR count). The number of ether oxygens (including phenoxy) is 1. The summed E-state index contributed by atoms with van der Waals surface area (Å²) in [6.45, 7) is 15.1. The second kappa shape index (κ2) is 5.53. The monoisotopic (exact) mass is 340 g/mol. The van der Waals surface area contributed by atoms with Crippen LogP contribution >= 0.6 is 0 Å². The zero-order chi connectivity index (χ0) is 18.7. The topological polar surface area (TPSA) is 73.2 Å². The molecule has 138 valence electrons. The zero-order valence-electron chi connectivity index (χ0n) is 16.2. The fourth-order valence-electron chi connectivity index (χ4n) is 4.21. The van der Waals surface area contributed by atoms with Crippen molar-refractivity contribution in [2.45, 2.75) is 96.5 Å². The van der Waals surface area contributed by atoms with Gasteiger partial charge in [-0.1, -0.05) is 6.08 Å². The maximum Gasteiger partial charge on any atom is 0.336 e. The Hall–Kier alpha value is -0.950. The zero-order valence-corrected chi connectivity index (χ0v) is 16.2. The Balaban J connectivity index is 2.19. The summed E-state index contributed by atoms with van der Waals surface area (Å²) in [5, 5.41) is 23.3. The van der Waals surface area contributed by atoms with Gasteiger partial charge in [-0.05, 0) is 55.4 Å². The number of carbonyl (C=O) groups excluding carboxylic acids is 1. The van der Waals surface area contributed by atoms with Crippen molar-refractivity contribution in [3.8, 4) is 0 Å². The fourth-order valence-corrected chi connectivity index (χ4v) is 4.21. The lowest BCUT2D eigenvalue weighted by molar-refractivity contribution is -0.259. The first-order valence-corrected chi connectivity index (χ1v) is 8.54. The number of rotatable bonds is 2. The first kappa shape index (κ1) is 19.4. The molecule has 0 aromatic rings. The molecule has 6 heteroatoms. The van der Waals surface area contributed by atoms with Gasteiger partial charge in [-0.25, -0.2) is 4.79 Å². The second-order valence-corrected chi connectivity index (χ2v) is 9.45. The van der Waals surface area contributed by atoms with Crippen LogP contribution in [0.5, 0.6) is 0 Å². The van der Waals surface area contributed by atoms with Crippen LogP contribution in [0.3, 0.4) is 0 Å². The van der Waals surface area contributed by atoms with Crippen molar-refractivity contribution in [3.05, 3.63) is 11.6 Å². The molecular weight excluding hydrogens is 308 g/mol. The number of esters is 1. The highest BCUT2D eigenvalue weighted by atomic mass is 16.6. The van der Waals surface area contributed by atoms with Crippen molar-refractivity contribution < 1.29 is 19.9 Å². The maximum atomic E-state index is 12.8. The van der Waals surface area contributed by atoms with Gasteiger partial charge < -0.3 is 15.2 Å². The molecule has 2 heterocycles. The molecule has 2 N–H and O–H groups in total. The smallest absolute Gasteiger partial charge is 0.336 e. The number of piperidine rings is 1. The third kappa shape index (κ3) is 3.12. The van der Waals surface area contributed by atoms with Gasteiger partial charge in [0, 0.05) is 23.9 Å². The molecule has 0 aliphatic carbocycles. The number of hydrogen-bond acceptors (Lipinski definition) is 6. The highest BCUT2D eigenvalue weighted by Crippen LogP contribution is 2.41. The van der Waals surface area contributed by atoms with Crippen LogP contribution in [0.25, 0.3) is 0 Å². The van der Waals surface area contributed by atoms with Crippen molar-refractivity contribution >= 4 is 5.97 Å². The van der Waals surface area contributed by atoms with E-state index in [-0.39, 0.29) is 6.10 Å². The van der Waals surface area contributed by atoms with Crippen LogP contribution < -0.4 is 0 Å². The Kier molecular flexibility index (Phi) is 4.46. The van der Waals surface area contributed by atoms with Gasteiger partial charge in [-0.15, -0.1) is 0 Å². The molecule has 0 unspecified atom stereocenters. The molecule has 0 amide bonds. The summed E-state index contributed by atoms with van der Waals surface area (Å²) in [7, 11) is 0. The highest BCUT2D eigenvalue weighted by molar-refractivity contribution is 5.92. The van der Waals surface area contributed by atoms with Crippen LogP contribution in [-0.4, -0.2) is 54.8 Å². The predicted octanol–water partition coefficient (Wildman–Crippen LogP) is 3.13. The van der Waals surface area contributed by atoms with E-state index in [4.69, 9.17) is 4.74 Å². The maximum absolute atomic E-state index is 12.8. The molecule has 0 spiro atoms. The standard InChI is InChI=1S/C18H32N2O4/c1-15(2)9-12(10-16(3,4)19(15)22)24-14(21)13-11-17(5,6)20(23)18(13,7)8/h11-12,22-23H,9-10H2,1-8H3. The minimum Gasteiger partial charge on any atom is -0.459 e. The predicted molar refractivity (Wildman–Crippen MR) is 90.8 cm³/mol. The molecule has 0 bridgehead atoms. The van der Waals surface area contributed by atoms with E-state index < -0.39 is 28.1 Å². The number of carbonyl (C=O) groups is 1. The van der Waals surface area contributed by atoms with E-state index in [0.717, 1.165) is 0 Å². The Morgan fingerprint density at radius 1 is 1.00 bits per heavy atom. The second-order valence-electron chi connectivity index (χ2n) is 9.45. The van der Waals surface area contributed by atoms with Gasteiger partial charge in [0.25, 0.3) is 0 Å². The SMILES string of the molecule is CC1(C)C=C(C(=O)OC2CC(C)(C)N(O)C(C)(C)C2)C(C)(C)N1O. The number of hydroxylamine groups is 4. The fraction of sp³-hybridized carbons (Fsp3) is 0.833. The lowest BCUT2D eigenvalue weighted by atomic mass is 9.80. The summed E-state index contributed by atoms with van der Waals surface area (Å²) < 4.78 is 5.79. The average molecular weight is 340 g/mol. The quantitative estimate of drug-likeness (QED) is 0.753. The van der Waals surface area contributed by atoms with E-state index in [1.807, 2.05) is 41.5 Å². The summed E-state index contributed by atoms with van der Waals surface area (Å²) in [6, 6.07) is 0. The summed E-state index contributed by atoms with van der Waals surface area (Å²) in [5.41, 5.74) is -1.91. The minimum atomic E-state index is -0.802. The van der Waals surface area contributed by atoms with Crippen LogP contribution in [0, 0.1) is 0 Å². The Bertz CT molecular complexity index is 545. The molecule has 0 atom stereocenters. The molecule has 2 aliphatic rings. The highest BCUT2D eigenvalue weighted by Gasteiger charge is 2.50. The normalized spacial score (nSPS) is 29.3. The molecule has 0 aromatic carbocycles. The minimum absolute atomic E-state index is 0.279. The summed E-state index contributed by atoms with van der Waals surface area (Å²) in [6.07, 6.45) is 2.60. The molecule has 0 saturated carbocycles. The van der Waals surface area contributed by atoms with Crippen LogP contribution in [0.1, 0.15) is 68.2 Å². The van der Waals surface area contributed by atoms with Gasteiger partial charge in [0.2, 0.25) is 0 Å². The average Bonchev–Trinajstić information content (AvgIpc) is 2.55. The Morgan fingerprint density at radius 3 is 1.83 bits per heavy atom. The van der Waals surface area contributed by atoms with E-state index in [9.17, 15) is 15.2 Å². The van der Waals surface area contributed by atoms with Gasteiger partial charge in [0.1, 0.15) is 6.10 Å². The molecular formula is C18H32N2O4. The number of nitrogens with zero attached hydrogens (tertiary/aromatic N) is 2. The third-order valence-electron chi connectivity index (χ3n) is 5.33. The molecule has 2 aliphatic heterocycles. The van der Waals surface area contributed by atoms with Crippen molar-refractivity contribution in [2.24, 2.45) is 0 Å². The summed E-state index contributed by atoms with van der Waals surface area (Å²) in [4.78, 5) is 12.8. The lowest BCUT2D eigenvalue weighted by Crippen LogP contribution is -2.60.